The largest absolute Gasteiger partial charge is 0.497 e. The number of furan rings is 1. The fourth-order valence-electron chi connectivity index (χ4n) is 4.34. The molecule has 0 spiro atoms. The molecule has 5 nitrogen and oxygen atoms in total. The number of Topliss-reactive ketones (excluding diaryl/α,β-unsaturated/α-hetero) is 1. The van der Waals surface area contributed by atoms with E-state index in [9.17, 15) is 9.59 Å². The maximum absolute atomic E-state index is 13.4. The van der Waals surface area contributed by atoms with Gasteiger partial charge in [-0.1, -0.05) is 42.5 Å². The van der Waals surface area contributed by atoms with E-state index < -0.39 is 0 Å². The second-order valence-corrected chi connectivity index (χ2v) is 10.7. The van der Waals surface area contributed by atoms with Crippen LogP contribution in [0.4, 0.5) is 0 Å². The Bertz CT molecular complexity index is 1310. The number of hydrogen-bond acceptors (Lipinski definition) is 6. The van der Waals surface area contributed by atoms with E-state index in [1.54, 1.807) is 31.2 Å². The van der Waals surface area contributed by atoms with Gasteiger partial charge in [0.05, 0.1) is 29.0 Å². The lowest BCUT2D eigenvalue weighted by Gasteiger charge is -2.23. The van der Waals surface area contributed by atoms with Crippen LogP contribution in [-0.2, 0) is 18.7 Å². The molecule has 2 heterocycles. The summed E-state index contributed by atoms with van der Waals surface area (Å²) < 4.78 is 11.6. The lowest BCUT2D eigenvalue weighted by atomic mass is 9.80. The molecule has 0 aliphatic heterocycles. The molecule has 2 aromatic heterocycles. The van der Waals surface area contributed by atoms with Gasteiger partial charge in [0.15, 0.2) is 5.78 Å². The lowest BCUT2D eigenvalue weighted by Crippen LogP contribution is -2.25. The molecule has 0 bridgehead atoms. The highest BCUT2D eigenvalue weighted by Crippen LogP contribution is 2.44. The zero-order valence-corrected chi connectivity index (χ0v) is 20.9. The van der Waals surface area contributed by atoms with Crippen LogP contribution < -0.4 is 10.1 Å². The summed E-state index contributed by atoms with van der Waals surface area (Å²) in [6.07, 6.45) is 2.67. The molecular weight excluding hydrogens is 478 g/mol. The van der Waals surface area contributed by atoms with E-state index in [0.29, 0.717) is 30.0 Å². The second kappa shape index (κ2) is 10.5. The summed E-state index contributed by atoms with van der Waals surface area (Å²) in [5, 5.41) is 2.96. The quantitative estimate of drug-likeness (QED) is 0.279. The molecule has 0 fully saturated rings. The van der Waals surface area contributed by atoms with Crippen LogP contribution in [0.1, 0.15) is 54.8 Å². The van der Waals surface area contributed by atoms with Crippen molar-refractivity contribution in [2.24, 2.45) is 0 Å². The van der Waals surface area contributed by atoms with E-state index in [2.05, 4.69) is 17.4 Å². The molecule has 1 aliphatic carbocycles. The molecule has 2 aromatic carbocycles. The number of amides is 1. The van der Waals surface area contributed by atoms with Gasteiger partial charge in [0.2, 0.25) is 0 Å². The molecule has 1 atom stereocenters. The van der Waals surface area contributed by atoms with Crippen molar-refractivity contribution in [1.29, 1.82) is 0 Å². The van der Waals surface area contributed by atoms with Gasteiger partial charge in [0.1, 0.15) is 11.5 Å². The molecule has 0 radical (unpaired) electrons. The fraction of sp³-hybridized carbons (Fsp3) is 0.214. The minimum atomic E-state index is -0.169. The van der Waals surface area contributed by atoms with Crippen molar-refractivity contribution in [3.8, 4) is 5.75 Å². The number of ketones is 1. The summed E-state index contributed by atoms with van der Waals surface area (Å²) >= 11 is 3.06. The van der Waals surface area contributed by atoms with Gasteiger partial charge in [-0.05, 0) is 53.3 Å². The first-order valence-electron chi connectivity index (χ1n) is 11.4. The average Bonchev–Trinajstić information content (AvgIpc) is 3.55. The molecule has 1 N–H and O–H groups in total. The number of thiophene rings is 1. The summed E-state index contributed by atoms with van der Waals surface area (Å²) in [5.74, 6) is 2.18. The Morgan fingerprint density at radius 3 is 2.60 bits per heavy atom. The van der Waals surface area contributed by atoms with E-state index in [-0.39, 0.29) is 17.6 Å². The Hall–Kier alpha value is -3.29. The summed E-state index contributed by atoms with van der Waals surface area (Å²) in [6.45, 7) is 0.306. The zero-order chi connectivity index (χ0) is 24.2. The highest BCUT2D eigenvalue weighted by Gasteiger charge is 2.34. The monoisotopic (exact) mass is 503 g/mol. The molecule has 0 saturated carbocycles. The van der Waals surface area contributed by atoms with Crippen LogP contribution in [0, 0.1) is 0 Å². The predicted molar refractivity (Wildman–Crippen MR) is 139 cm³/mol. The first kappa shape index (κ1) is 23.5. The molecule has 1 aliphatic rings. The number of ether oxygens (including phenoxy) is 1. The maximum atomic E-state index is 13.4. The molecule has 35 heavy (non-hydrogen) atoms. The van der Waals surface area contributed by atoms with E-state index in [4.69, 9.17) is 9.15 Å². The number of methoxy groups -OCH3 is 1. The standard InChI is InChI=1S/C28H25NO4S2/c1-32-21-11-9-19(10-12-21)20-14-23-25(24(30)15-20)28(34-17-18-6-3-2-4-7-18)35-26(23)27(31)29-16-22-8-5-13-33-22/h2-13,20H,14-17H2,1H3,(H,29,31)/t20-/m0/s1. The van der Waals surface area contributed by atoms with Gasteiger partial charge in [0, 0.05) is 17.7 Å². The number of nitrogens with one attached hydrogen (secondary N) is 1. The van der Waals surface area contributed by atoms with Gasteiger partial charge in [-0.2, -0.15) is 0 Å². The molecule has 4 aromatic rings. The van der Waals surface area contributed by atoms with Crippen molar-refractivity contribution in [2.45, 2.75) is 35.3 Å². The summed E-state index contributed by atoms with van der Waals surface area (Å²) in [7, 11) is 1.64. The Kier molecular flexibility index (Phi) is 7.06. The molecule has 178 valence electrons. The highest BCUT2D eigenvalue weighted by atomic mass is 32.2. The number of benzene rings is 2. The molecule has 7 heteroatoms. The summed E-state index contributed by atoms with van der Waals surface area (Å²) in [6, 6.07) is 21.6. The number of carbonyl (C=O) groups excluding carboxylic acids is 2. The number of rotatable bonds is 8. The molecule has 0 saturated heterocycles. The highest BCUT2D eigenvalue weighted by molar-refractivity contribution is 8.00. The average molecular weight is 504 g/mol. The number of carbonyl (C=O) groups is 2. The van der Waals surface area contributed by atoms with Crippen molar-refractivity contribution in [3.63, 3.8) is 0 Å². The molecule has 5 rings (SSSR count). The van der Waals surface area contributed by atoms with E-state index >= 15 is 0 Å². The molecular formula is C28H25NO4S2. The first-order chi connectivity index (χ1) is 17.1. The van der Waals surface area contributed by atoms with Crippen LogP contribution in [0.2, 0.25) is 0 Å². The topological polar surface area (TPSA) is 68.5 Å². The van der Waals surface area contributed by atoms with Crippen molar-refractivity contribution < 1.29 is 18.7 Å². The number of fused-ring (bicyclic) bond motifs is 1. The van der Waals surface area contributed by atoms with Crippen molar-refractivity contribution in [2.75, 3.05) is 7.11 Å². The van der Waals surface area contributed by atoms with E-state index in [1.807, 2.05) is 48.5 Å². The van der Waals surface area contributed by atoms with Gasteiger partial charge >= 0.3 is 0 Å². The van der Waals surface area contributed by atoms with Crippen LogP contribution >= 0.6 is 23.1 Å². The Morgan fingerprint density at radius 2 is 1.89 bits per heavy atom. The van der Waals surface area contributed by atoms with Gasteiger partial charge < -0.3 is 14.5 Å². The Morgan fingerprint density at radius 1 is 1.09 bits per heavy atom. The molecule has 0 unspecified atom stereocenters. The van der Waals surface area contributed by atoms with Crippen LogP contribution in [0.3, 0.4) is 0 Å². The normalized spacial score (nSPS) is 15.0. The lowest BCUT2D eigenvalue weighted by molar-refractivity contribution is 0.0950. The van der Waals surface area contributed by atoms with Gasteiger partial charge in [-0.3, -0.25) is 9.59 Å². The number of thioether (sulfide) groups is 1. The fourth-order valence-corrected chi connectivity index (χ4v) is 6.88. The van der Waals surface area contributed by atoms with Crippen LogP contribution in [0.25, 0.3) is 0 Å². The first-order valence-corrected chi connectivity index (χ1v) is 13.2. The van der Waals surface area contributed by atoms with Gasteiger partial charge in [0.25, 0.3) is 5.91 Å². The van der Waals surface area contributed by atoms with E-state index in [0.717, 1.165) is 32.4 Å². The predicted octanol–water partition coefficient (Wildman–Crippen LogP) is 6.48. The SMILES string of the molecule is COc1ccc([C@@H]2CC(=O)c3c(SCc4ccccc4)sc(C(=O)NCc4ccco4)c3C2)cc1. The molecule has 1 amide bonds. The van der Waals surface area contributed by atoms with Crippen LogP contribution in [0.15, 0.2) is 81.6 Å². The summed E-state index contributed by atoms with van der Waals surface area (Å²) in [5.41, 5.74) is 3.85. The van der Waals surface area contributed by atoms with Crippen molar-refractivity contribution in [1.82, 2.24) is 5.32 Å². The zero-order valence-electron chi connectivity index (χ0n) is 19.3. The minimum Gasteiger partial charge on any atom is -0.497 e. The third kappa shape index (κ3) is 5.21. The van der Waals surface area contributed by atoms with Crippen LogP contribution in [0.5, 0.6) is 5.75 Å². The van der Waals surface area contributed by atoms with E-state index in [1.165, 1.54) is 16.9 Å². The smallest absolute Gasteiger partial charge is 0.262 e. The maximum Gasteiger partial charge on any atom is 0.262 e. The Labute approximate surface area is 212 Å². The van der Waals surface area contributed by atoms with Crippen molar-refractivity contribution in [3.05, 3.63) is 106 Å². The third-order valence-corrected chi connectivity index (χ3v) is 8.72. The van der Waals surface area contributed by atoms with Crippen molar-refractivity contribution >= 4 is 34.8 Å². The summed E-state index contributed by atoms with van der Waals surface area (Å²) in [4.78, 5) is 27.3. The number of hydrogen-bond donors (Lipinski definition) is 1. The van der Waals surface area contributed by atoms with Crippen LogP contribution in [-0.4, -0.2) is 18.8 Å². The van der Waals surface area contributed by atoms with Gasteiger partial charge in [-0.15, -0.1) is 23.1 Å². The van der Waals surface area contributed by atoms with Gasteiger partial charge in [-0.25, -0.2) is 0 Å². The second-order valence-electron chi connectivity index (χ2n) is 8.41. The minimum absolute atomic E-state index is 0.0269. The third-order valence-electron chi connectivity index (χ3n) is 6.15. The Balaban J connectivity index is 1.44.